The van der Waals surface area contributed by atoms with Gasteiger partial charge in [0.2, 0.25) is 5.91 Å². The predicted molar refractivity (Wildman–Crippen MR) is 82.1 cm³/mol. The second kappa shape index (κ2) is 8.35. The number of aromatic nitrogens is 2. The third-order valence-corrected chi connectivity index (χ3v) is 2.75. The highest BCUT2D eigenvalue weighted by molar-refractivity contribution is 5.76. The molecule has 0 radical (unpaired) electrons. The van der Waals surface area contributed by atoms with E-state index in [-0.39, 0.29) is 11.8 Å². The molecule has 6 nitrogen and oxygen atoms in total. The predicted octanol–water partition coefficient (Wildman–Crippen LogP) is 1.97. The zero-order valence-corrected chi connectivity index (χ0v) is 12.8. The molecule has 1 heterocycles. The van der Waals surface area contributed by atoms with Crippen molar-refractivity contribution in [3.63, 3.8) is 0 Å². The number of nitrogens with one attached hydrogen (secondary N) is 3. The minimum Gasteiger partial charge on any atom is -0.370 e. The molecule has 0 spiro atoms. The lowest BCUT2D eigenvalue weighted by atomic mass is 10.2. The van der Waals surface area contributed by atoms with Gasteiger partial charge in [0, 0.05) is 38.5 Å². The van der Waals surface area contributed by atoms with Crippen LogP contribution >= 0.6 is 0 Å². The van der Waals surface area contributed by atoms with E-state index in [4.69, 9.17) is 0 Å². The monoisotopic (exact) mass is 279 g/mol. The maximum Gasteiger partial charge on any atom is 0.221 e. The lowest BCUT2D eigenvalue weighted by molar-refractivity contribution is -0.120. The maximum atomic E-state index is 11.2. The first-order chi connectivity index (χ1) is 9.56. The van der Waals surface area contributed by atoms with Crippen molar-refractivity contribution in [2.75, 3.05) is 30.8 Å². The summed E-state index contributed by atoms with van der Waals surface area (Å²) in [6.07, 6.45) is 1.47. The molecular formula is C14H25N5O. The van der Waals surface area contributed by atoms with Gasteiger partial charge in [0.25, 0.3) is 0 Å². The number of hydrogen-bond donors (Lipinski definition) is 3. The molecule has 3 N–H and O–H groups in total. The Morgan fingerprint density at radius 1 is 1.20 bits per heavy atom. The summed E-state index contributed by atoms with van der Waals surface area (Å²) in [5.74, 6) is 2.66. The van der Waals surface area contributed by atoms with Gasteiger partial charge in [-0.05, 0) is 6.42 Å². The number of rotatable bonds is 8. The molecule has 0 aromatic carbocycles. The van der Waals surface area contributed by atoms with E-state index >= 15 is 0 Å². The van der Waals surface area contributed by atoms with Crippen molar-refractivity contribution in [2.45, 2.75) is 39.5 Å². The Hall–Kier alpha value is -1.85. The van der Waals surface area contributed by atoms with Gasteiger partial charge >= 0.3 is 0 Å². The summed E-state index contributed by atoms with van der Waals surface area (Å²) in [5, 5.41) is 9.04. The van der Waals surface area contributed by atoms with E-state index in [0.717, 1.165) is 30.4 Å². The largest absolute Gasteiger partial charge is 0.370 e. The third-order valence-electron chi connectivity index (χ3n) is 2.75. The van der Waals surface area contributed by atoms with Gasteiger partial charge in [0.05, 0.1) is 0 Å². The number of carbonyl (C=O) groups is 1. The molecule has 20 heavy (non-hydrogen) atoms. The first-order valence-electron chi connectivity index (χ1n) is 7.14. The SMILES string of the molecule is CCCNc1cc(NCCC(=O)NC)nc(C(C)C)n1. The fourth-order valence-corrected chi connectivity index (χ4v) is 1.59. The number of amides is 1. The molecule has 0 saturated heterocycles. The molecule has 1 amide bonds. The zero-order valence-electron chi connectivity index (χ0n) is 12.8. The highest BCUT2D eigenvalue weighted by Crippen LogP contribution is 2.17. The van der Waals surface area contributed by atoms with E-state index in [1.165, 1.54) is 0 Å². The van der Waals surface area contributed by atoms with Crippen LogP contribution in [0.3, 0.4) is 0 Å². The topological polar surface area (TPSA) is 78.9 Å². The maximum absolute atomic E-state index is 11.2. The quantitative estimate of drug-likeness (QED) is 0.678. The van der Waals surface area contributed by atoms with Gasteiger partial charge < -0.3 is 16.0 Å². The molecule has 0 bridgehead atoms. The fourth-order valence-electron chi connectivity index (χ4n) is 1.59. The van der Waals surface area contributed by atoms with Crippen LogP contribution in [-0.4, -0.2) is 36.0 Å². The summed E-state index contributed by atoms with van der Waals surface area (Å²) in [7, 11) is 1.64. The fraction of sp³-hybridized carbons (Fsp3) is 0.643. The molecule has 1 aromatic rings. The number of hydrogen-bond acceptors (Lipinski definition) is 5. The molecule has 0 fully saturated rings. The number of anilines is 2. The van der Waals surface area contributed by atoms with Crippen LogP contribution in [0.1, 0.15) is 45.4 Å². The van der Waals surface area contributed by atoms with Crippen LogP contribution in [0.5, 0.6) is 0 Å². The first-order valence-corrected chi connectivity index (χ1v) is 7.14. The van der Waals surface area contributed by atoms with E-state index in [1.807, 2.05) is 6.07 Å². The summed E-state index contributed by atoms with van der Waals surface area (Å²) < 4.78 is 0. The van der Waals surface area contributed by atoms with Crippen LogP contribution in [0.2, 0.25) is 0 Å². The van der Waals surface area contributed by atoms with Crippen LogP contribution in [-0.2, 0) is 4.79 Å². The van der Waals surface area contributed by atoms with E-state index in [2.05, 4.69) is 46.7 Å². The summed E-state index contributed by atoms with van der Waals surface area (Å²) in [5.41, 5.74) is 0. The van der Waals surface area contributed by atoms with Crippen LogP contribution in [0.4, 0.5) is 11.6 Å². The molecule has 0 atom stereocenters. The van der Waals surface area contributed by atoms with Gasteiger partial charge in [-0.1, -0.05) is 20.8 Å². The van der Waals surface area contributed by atoms with Crippen molar-refractivity contribution in [3.8, 4) is 0 Å². The summed E-state index contributed by atoms with van der Waals surface area (Å²) in [4.78, 5) is 20.1. The molecule has 0 aliphatic heterocycles. The Kier molecular flexibility index (Phi) is 6.76. The lowest BCUT2D eigenvalue weighted by Gasteiger charge is -2.12. The van der Waals surface area contributed by atoms with E-state index in [1.54, 1.807) is 7.05 Å². The van der Waals surface area contributed by atoms with Crippen LogP contribution in [0.15, 0.2) is 6.07 Å². The average molecular weight is 279 g/mol. The van der Waals surface area contributed by atoms with Gasteiger partial charge in [-0.25, -0.2) is 9.97 Å². The van der Waals surface area contributed by atoms with Crippen molar-refractivity contribution in [1.29, 1.82) is 0 Å². The molecule has 6 heteroatoms. The molecular weight excluding hydrogens is 254 g/mol. The zero-order chi connectivity index (χ0) is 15.0. The summed E-state index contributed by atoms with van der Waals surface area (Å²) in [6.45, 7) is 7.67. The van der Waals surface area contributed by atoms with Crippen molar-refractivity contribution in [1.82, 2.24) is 15.3 Å². The van der Waals surface area contributed by atoms with Gasteiger partial charge in [-0.2, -0.15) is 0 Å². The second-order valence-electron chi connectivity index (χ2n) is 4.93. The van der Waals surface area contributed by atoms with E-state index in [9.17, 15) is 4.79 Å². The minimum absolute atomic E-state index is 0.0139. The highest BCUT2D eigenvalue weighted by atomic mass is 16.1. The average Bonchev–Trinajstić information content (AvgIpc) is 2.44. The summed E-state index contributed by atoms with van der Waals surface area (Å²) in [6, 6.07) is 1.88. The van der Waals surface area contributed by atoms with Gasteiger partial charge in [0.1, 0.15) is 17.5 Å². The smallest absolute Gasteiger partial charge is 0.221 e. The van der Waals surface area contributed by atoms with E-state index < -0.39 is 0 Å². The third kappa shape index (κ3) is 5.42. The van der Waals surface area contributed by atoms with Crippen LogP contribution in [0.25, 0.3) is 0 Å². The van der Waals surface area contributed by atoms with Crippen LogP contribution in [0, 0.1) is 0 Å². The minimum atomic E-state index is 0.0139. The van der Waals surface area contributed by atoms with Crippen LogP contribution < -0.4 is 16.0 Å². The Labute approximate surface area is 120 Å². The van der Waals surface area contributed by atoms with Crippen molar-refractivity contribution in [3.05, 3.63) is 11.9 Å². The Balaban J connectivity index is 2.72. The Morgan fingerprint density at radius 3 is 2.30 bits per heavy atom. The standard InChI is InChI=1S/C14H25N5O/c1-5-7-16-11-9-12(17-8-6-13(20)15-4)19-14(18-11)10(2)3/h9-10H,5-8H2,1-4H3,(H,15,20)(H2,16,17,18,19). The number of nitrogens with zero attached hydrogens (tertiary/aromatic N) is 2. The normalized spacial score (nSPS) is 10.4. The molecule has 0 aliphatic rings. The van der Waals surface area contributed by atoms with Gasteiger partial charge in [0.15, 0.2) is 0 Å². The molecule has 0 unspecified atom stereocenters. The van der Waals surface area contributed by atoms with Crippen molar-refractivity contribution in [2.24, 2.45) is 0 Å². The molecule has 0 aliphatic carbocycles. The van der Waals surface area contributed by atoms with Crippen molar-refractivity contribution >= 4 is 17.5 Å². The Morgan fingerprint density at radius 2 is 1.80 bits per heavy atom. The summed E-state index contributed by atoms with van der Waals surface area (Å²) >= 11 is 0. The first kappa shape index (κ1) is 16.2. The van der Waals surface area contributed by atoms with Gasteiger partial charge in [-0.3, -0.25) is 4.79 Å². The lowest BCUT2D eigenvalue weighted by Crippen LogP contribution is -2.21. The highest BCUT2D eigenvalue weighted by Gasteiger charge is 2.08. The van der Waals surface area contributed by atoms with E-state index in [0.29, 0.717) is 13.0 Å². The molecule has 1 rings (SSSR count). The number of carbonyl (C=O) groups excluding carboxylic acids is 1. The molecule has 0 saturated carbocycles. The Bertz CT molecular complexity index is 434. The molecule has 112 valence electrons. The molecule has 1 aromatic heterocycles. The second-order valence-corrected chi connectivity index (χ2v) is 4.93. The van der Waals surface area contributed by atoms with Crippen molar-refractivity contribution < 1.29 is 4.79 Å². The van der Waals surface area contributed by atoms with Gasteiger partial charge in [-0.15, -0.1) is 0 Å².